The average Bonchev–Trinajstić information content (AvgIpc) is 3.22. The number of carbonyl (C=O) groups excluding carboxylic acids is 1. The summed E-state index contributed by atoms with van der Waals surface area (Å²) in [6.45, 7) is 3.00. The molecule has 172 valence electrons. The van der Waals surface area contributed by atoms with Crippen molar-refractivity contribution in [2.45, 2.75) is 31.1 Å². The van der Waals surface area contributed by atoms with Crippen LogP contribution in [0.25, 0.3) is 11.1 Å². The van der Waals surface area contributed by atoms with E-state index in [9.17, 15) is 4.79 Å². The first-order valence-corrected chi connectivity index (χ1v) is 12.2. The van der Waals surface area contributed by atoms with Gasteiger partial charge in [-0.05, 0) is 71.8 Å². The molecular formula is C30H30N2O2. The van der Waals surface area contributed by atoms with Crippen LogP contribution in [-0.4, -0.2) is 32.3 Å². The number of fused-ring (bicyclic) bond motifs is 3. The van der Waals surface area contributed by atoms with E-state index in [1.54, 1.807) is 0 Å². The third kappa shape index (κ3) is 5.00. The number of hydrogen-bond acceptors (Lipinski definition) is 3. The minimum atomic E-state index is -0.394. The number of rotatable bonds is 5. The van der Waals surface area contributed by atoms with Crippen molar-refractivity contribution in [2.24, 2.45) is 0 Å². The number of ether oxygens (including phenoxy) is 1. The van der Waals surface area contributed by atoms with Crippen molar-refractivity contribution in [1.82, 2.24) is 10.6 Å². The fraction of sp³-hybridized carbons (Fsp3) is 0.300. The van der Waals surface area contributed by atoms with Crippen molar-refractivity contribution in [3.63, 3.8) is 0 Å². The lowest BCUT2D eigenvalue weighted by Crippen LogP contribution is -2.26. The Morgan fingerprint density at radius 2 is 1.56 bits per heavy atom. The van der Waals surface area contributed by atoms with Crippen molar-refractivity contribution < 1.29 is 9.53 Å². The van der Waals surface area contributed by atoms with Crippen molar-refractivity contribution in [1.29, 1.82) is 0 Å². The molecule has 0 saturated carbocycles. The quantitative estimate of drug-likeness (QED) is 0.402. The highest BCUT2D eigenvalue weighted by Gasteiger charge is 2.28. The Morgan fingerprint density at radius 1 is 0.912 bits per heavy atom. The molecule has 5 rings (SSSR count). The Morgan fingerprint density at radius 3 is 2.24 bits per heavy atom. The van der Waals surface area contributed by atoms with Gasteiger partial charge in [-0.2, -0.15) is 0 Å². The molecule has 1 aliphatic carbocycles. The molecule has 1 heterocycles. The van der Waals surface area contributed by atoms with Crippen LogP contribution in [0, 0.1) is 11.8 Å². The van der Waals surface area contributed by atoms with E-state index in [2.05, 4.69) is 83.1 Å². The largest absolute Gasteiger partial charge is 0.449 e. The zero-order valence-corrected chi connectivity index (χ0v) is 19.3. The van der Waals surface area contributed by atoms with E-state index in [-0.39, 0.29) is 5.92 Å². The second-order valence-corrected chi connectivity index (χ2v) is 8.95. The third-order valence-electron chi connectivity index (χ3n) is 6.82. The second kappa shape index (κ2) is 10.6. The van der Waals surface area contributed by atoms with Crippen LogP contribution < -0.4 is 10.6 Å². The standard InChI is InChI=1S/C30H30N2O2/c33-30(34-21-29-27-10-3-1-8-25(27)26-9-2-4-11-28(26)29)32-18-6-5-7-22-12-14-23(15-13-22)24-16-19-31-20-17-24/h1-4,8-15,24,29,31H,6,16-21H2,(H,32,33). The molecular weight excluding hydrogens is 420 g/mol. The minimum Gasteiger partial charge on any atom is -0.449 e. The Bertz CT molecular complexity index is 1150. The molecule has 0 radical (unpaired) electrons. The van der Waals surface area contributed by atoms with Gasteiger partial charge in [0.1, 0.15) is 6.61 Å². The molecule has 2 aliphatic rings. The van der Waals surface area contributed by atoms with Crippen molar-refractivity contribution >= 4 is 6.09 Å². The van der Waals surface area contributed by atoms with Crippen molar-refractivity contribution in [3.8, 4) is 23.0 Å². The third-order valence-corrected chi connectivity index (χ3v) is 6.82. The van der Waals surface area contributed by atoms with Crippen molar-refractivity contribution in [3.05, 3.63) is 95.1 Å². The van der Waals surface area contributed by atoms with E-state index in [0.717, 1.165) is 18.7 Å². The summed E-state index contributed by atoms with van der Waals surface area (Å²) in [6, 6.07) is 25.3. The minimum absolute atomic E-state index is 0.0748. The number of benzene rings is 3. The molecule has 3 aromatic rings. The lowest BCUT2D eigenvalue weighted by Gasteiger charge is -2.22. The lowest BCUT2D eigenvalue weighted by atomic mass is 9.90. The van der Waals surface area contributed by atoms with Crippen LogP contribution in [0.5, 0.6) is 0 Å². The predicted octanol–water partition coefficient (Wildman–Crippen LogP) is 5.43. The predicted molar refractivity (Wildman–Crippen MR) is 136 cm³/mol. The van der Waals surface area contributed by atoms with Crippen LogP contribution in [0.3, 0.4) is 0 Å². The van der Waals surface area contributed by atoms with E-state index in [4.69, 9.17) is 4.74 Å². The molecule has 0 aromatic heterocycles. The first-order valence-electron chi connectivity index (χ1n) is 12.2. The van der Waals surface area contributed by atoms with Crippen LogP contribution in [0.15, 0.2) is 72.8 Å². The van der Waals surface area contributed by atoms with E-state index < -0.39 is 6.09 Å². The number of piperidine rings is 1. The van der Waals surface area contributed by atoms with Crippen molar-refractivity contribution in [2.75, 3.05) is 26.2 Å². The molecule has 0 atom stereocenters. The molecule has 1 saturated heterocycles. The molecule has 1 amide bonds. The molecule has 3 aromatic carbocycles. The Labute approximate surface area is 201 Å². The summed E-state index contributed by atoms with van der Waals surface area (Å²) < 4.78 is 5.57. The maximum Gasteiger partial charge on any atom is 0.407 e. The number of amides is 1. The SMILES string of the molecule is O=C(NCCC#Cc1ccc(C2CCNCC2)cc1)OCC1c2ccccc2-c2ccccc21. The van der Waals surface area contributed by atoms with Crippen LogP contribution >= 0.6 is 0 Å². The van der Waals surface area contributed by atoms with Gasteiger partial charge in [0.05, 0.1) is 0 Å². The topological polar surface area (TPSA) is 50.4 Å². The smallest absolute Gasteiger partial charge is 0.407 e. The van der Waals surface area contributed by atoms with Gasteiger partial charge in [0.15, 0.2) is 0 Å². The molecule has 0 bridgehead atoms. The maximum absolute atomic E-state index is 12.3. The number of nitrogens with one attached hydrogen (secondary N) is 2. The van der Waals surface area contributed by atoms with Gasteiger partial charge < -0.3 is 15.4 Å². The first kappa shape index (κ1) is 22.3. The van der Waals surface area contributed by atoms with Gasteiger partial charge in [-0.15, -0.1) is 0 Å². The zero-order valence-electron chi connectivity index (χ0n) is 19.3. The summed E-state index contributed by atoms with van der Waals surface area (Å²) in [7, 11) is 0. The summed E-state index contributed by atoms with van der Waals surface area (Å²) in [5.74, 6) is 7.07. The van der Waals surface area contributed by atoms with Crippen LogP contribution in [0.4, 0.5) is 4.79 Å². The summed E-state index contributed by atoms with van der Waals surface area (Å²) in [4.78, 5) is 12.3. The van der Waals surface area contributed by atoms with Gasteiger partial charge in [0.25, 0.3) is 0 Å². The molecule has 34 heavy (non-hydrogen) atoms. The number of carbonyl (C=O) groups is 1. The summed E-state index contributed by atoms with van der Waals surface area (Å²) in [5.41, 5.74) is 7.31. The van der Waals surface area contributed by atoms with Crippen LogP contribution in [0.1, 0.15) is 53.4 Å². The lowest BCUT2D eigenvalue weighted by molar-refractivity contribution is 0.143. The fourth-order valence-corrected chi connectivity index (χ4v) is 5.03. The highest BCUT2D eigenvalue weighted by atomic mass is 16.5. The average molecular weight is 451 g/mol. The summed E-state index contributed by atoms with van der Waals surface area (Å²) >= 11 is 0. The molecule has 0 spiro atoms. The molecule has 1 fully saturated rings. The molecule has 4 heteroatoms. The molecule has 1 aliphatic heterocycles. The van der Waals surface area contributed by atoms with E-state index in [0.29, 0.717) is 25.5 Å². The number of alkyl carbamates (subject to hydrolysis) is 1. The molecule has 2 N–H and O–H groups in total. The van der Waals surface area contributed by atoms with E-state index in [1.165, 1.54) is 40.7 Å². The fourth-order valence-electron chi connectivity index (χ4n) is 5.03. The van der Waals surface area contributed by atoms with Gasteiger partial charge in [-0.25, -0.2) is 4.79 Å². The van der Waals surface area contributed by atoms with E-state index in [1.807, 2.05) is 12.1 Å². The Balaban J connectivity index is 1.08. The molecule has 4 nitrogen and oxygen atoms in total. The zero-order chi connectivity index (χ0) is 23.2. The Kier molecular flexibility index (Phi) is 6.93. The highest BCUT2D eigenvalue weighted by Crippen LogP contribution is 2.44. The highest BCUT2D eigenvalue weighted by molar-refractivity contribution is 5.79. The normalized spacial score (nSPS) is 15.1. The summed E-state index contributed by atoms with van der Waals surface area (Å²) in [5, 5.41) is 6.24. The Hall–Kier alpha value is -3.55. The summed E-state index contributed by atoms with van der Waals surface area (Å²) in [6.07, 6.45) is 2.59. The van der Waals surface area contributed by atoms with Crippen LogP contribution in [-0.2, 0) is 4.74 Å². The number of hydrogen-bond donors (Lipinski definition) is 2. The van der Waals surface area contributed by atoms with Gasteiger partial charge in [0.2, 0.25) is 0 Å². The van der Waals surface area contributed by atoms with Gasteiger partial charge in [-0.1, -0.05) is 72.5 Å². The van der Waals surface area contributed by atoms with Gasteiger partial charge in [-0.3, -0.25) is 0 Å². The first-order chi connectivity index (χ1) is 16.8. The second-order valence-electron chi connectivity index (χ2n) is 8.95. The molecule has 0 unspecified atom stereocenters. The van der Waals surface area contributed by atoms with Gasteiger partial charge in [0, 0.05) is 24.4 Å². The monoisotopic (exact) mass is 450 g/mol. The maximum atomic E-state index is 12.3. The van der Waals surface area contributed by atoms with E-state index >= 15 is 0 Å². The van der Waals surface area contributed by atoms with Crippen LogP contribution in [0.2, 0.25) is 0 Å². The van der Waals surface area contributed by atoms with Gasteiger partial charge >= 0.3 is 6.09 Å².